The van der Waals surface area contributed by atoms with E-state index in [1.807, 2.05) is 25.1 Å². The summed E-state index contributed by atoms with van der Waals surface area (Å²) in [5.41, 5.74) is 1.30. The van der Waals surface area contributed by atoms with Crippen LogP contribution >= 0.6 is 0 Å². The van der Waals surface area contributed by atoms with Crippen molar-refractivity contribution in [2.45, 2.75) is 13.3 Å². The molecule has 1 aliphatic heterocycles. The lowest BCUT2D eigenvalue weighted by Gasteiger charge is -2.27. The van der Waals surface area contributed by atoms with Gasteiger partial charge in [0.1, 0.15) is 0 Å². The van der Waals surface area contributed by atoms with Crippen molar-refractivity contribution in [3.8, 4) is 0 Å². The first-order chi connectivity index (χ1) is 13.0. The normalized spacial score (nSPS) is 13.9. The molecule has 3 rings (SSSR count). The molecule has 1 saturated heterocycles. The summed E-state index contributed by atoms with van der Waals surface area (Å²) >= 11 is 0. The summed E-state index contributed by atoms with van der Waals surface area (Å²) in [6.07, 6.45) is 1.40. The van der Waals surface area contributed by atoms with Crippen LogP contribution in [-0.4, -0.2) is 53.0 Å². The van der Waals surface area contributed by atoms with Crippen LogP contribution in [0.2, 0.25) is 0 Å². The molecule has 2 heterocycles. The topological polar surface area (TPSA) is 119 Å². The number of para-hydroxylation sites is 1. The third kappa shape index (κ3) is 4.91. The number of piperazine rings is 1. The van der Waals surface area contributed by atoms with Gasteiger partial charge in [0.05, 0.1) is 6.42 Å². The average molecular weight is 370 g/mol. The number of H-pyrrole nitrogens is 1. The summed E-state index contributed by atoms with van der Waals surface area (Å²) in [6, 6.07) is 6.82. The number of nitrogens with zero attached hydrogens (tertiary/aromatic N) is 2. The number of aryl methyl sites for hydroxylation is 1. The molecule has 0 unspecified atom stereocenters. The van der Waals surface area contributed by atoms with Crippen LogP contribution in [-0.2, 0) is 11.2 Å². The number of urea groups is 1. The first-order valence-corrected chi connectivity index (χ1v) is 8.73. The number of hydrogen-bond acceptors (Lipinski definition) is 5. The van der Waals surface area contributed by atoms with E-state index in [0.717, 1.165) is 18.7 Å². The molecule has 1 aliphatic rings. The molecule has 1 fully saturated rings. The van der Waals surface area contributed by atoms with E-state index >= 15 is 0 Å². The van der Waals surface area contributed by atoms with Crippen LogP contribution in [0.5, 0.6) is 0 Å². The number of nitrogens with one attached hydrogen (secondary N) is 4. The molecule has 1 aromatic carbocycles. The molecule has 2 aromatic rings. The second kappa shape index (κ2) is 8.45. The SMILES string of the molecule is Cc1ccccc1NC(=O)Nc1nc(=O)c(CC(=O)N2CCNCC2)c[nH]1. The number of carbonyl (C=O) groups is 2. The van der Waals surface area contributed by atoms with Gasteiger partial charge in [-0.2, -0.15) is 4.98 Å². The van der Waals surface area contributed by atoms with Gasteiger partial charge in [0, 0.05) is 43.6 Å². The Bertz CT molecular complexity index is 889. The lowest BCUT2D eigenvalue weighted by Crippen LogP contribution is -2.47. The fourth-order valence-electron chi connectivity index (χ4n) is 2.78. The Morgan fingerprint density at radius 2 is 1.93 bits per heavy atom. The zero-order chi connectivity index (χ0) is 19.2. The molecule has 0 bridgehead atoms. The minimum Gasteiger partial charge on any atom is -0.340 e. The Morgan fingerprint density at radius 3 is 2.63 bits per heavy atom. The quantitative estimate of drug-likeness (QED) is 0.632. The molecule has 9 heteroatoms. The maximum absolute atomic E-state index is 12.3. The van der Waals surface area contributed by atoms with Crippen molar-refractivity contribution in [3.63, 3.8) is 0 Å². The second-order valence-corrected chi connectivity index (χ2v) is 6.28. The highest BCUT2D eigenvalue weighted by Gasteiger charge is 2.18. The second-order valence-electron chi connectivity index (χ2n) is 6.28. The van der Waals surface area contributed by atoms with E-state index in [1.54, 1.807) is 11.0 Å². The number of carbonyl (C=O) groups excluding carboxylic acids is 2. The van der Waals surface area contributed by atoms with Crippen molar-refractivity contribution in [2.24, 2.45) is 0 Å². The third-order valence-electron chi connectivity index (χ3n) is 4.31. The number of amides is 3. The number of rotatable bonds is 4. The van der Waals surface area contributed by atoms with E-state index in [9.17, 15) is 14.4 Å². The van der Waals surface area contributed by atoms with Crippen LogP contribution < -0.4 is 21.5 Å². The van der Waals surface area contributed by atoms with Crippen LogP contribution in [0.3, 0.4) is 0 Å². The van der Waals surface area contributed by atoms with Gasteiger partial charge < -0.3 is 20.5 Å². The van der Waals surface area contributed by atoms with Gasteiger partial charge in [-0.3, -0.25) is 14.9 Å². The Balaban J connectivity index is 1.60. The lowest BCUT2D eigenvalue weighted by atomic mass is 10.2. The van der Waals surface area contributed by atoms with Crippen molar-refractivity contribution in [1.82, 2.24) is 20.2 Å². The van der Waals surface area contributed by atoms with Crippen molar-refractivity contribution >= 4 is 23.6 Å². The molecule has 1 aromatic heterocycles. The minimum absolute atomic E-state index is 0.0159. The van der Waals surface area contributed by atoms with Crippen LogP contribution in [0.4, 0.5) is 16.4 Å². The van der Waals surface area contributed by atoms with Crippen LogP contribution in [0.25, 0.3) is 0 Å². The minimum atomic E-state index is -0.538. The summed E-state index contributed by atoms with van der Waals surface area (Å²) < 4.78 is 0. The van der Waals surface area contributed by atoms with E-state index in [1.165, 1.54) is 6.20 Å². The molecule has 4 N–H and O–H groups in total. The van der Waals surface area contributed by atoms with E-state index in [4.69, 9.17) is 0 Å². The third-order valence-corrected chi connectivity index (χ3v) is 4.31. The maximum Gasteiger partial charge on any atom is 0.326 e. The largest absolute Gasteiger partial charge is 0.340 e. The van der Waals surface area contributed by atoms with Crippen molar-refractivity contribution in [2.75, 3.05) is 36.8 Å². The molecule has 27 heavy (non-hydrogen) atoms. The Morgan fingerprint density at radius 1 is 1.19 bits per heavy atom. The van der Waals surface area contributed by atoms with Gasteiger partial charge >= 0.3 is 6.03 Å². The van der Waals surface area contributed by atoms with Gasteiger partial charge in [-0.05, 0) is 18.6 Å². The molecule has 3 amide bonds. The van der Waals surface area contributed by atoms with Crippen LogP contribution in [0.1, 0.15) is 11.1 Å². The zero-order valence-corrected chi connectivity index (χ0v) is 15.0. The molecule has 9 nitrogen and oxygen atoms in total. The van der Waals surface area contributed by atoms with Gasteiger partial charge in [-0.15, -0.1) is 0 Å². The highest BCUT2D eigenvalue weighted by Crippen LogP contribution is 2.13. The summed E-state index contributed by atoms with van der Waals surface area (Å²) in [4.78, 5) is 44.8. The molecular weight excluding hydrogens is 348 g/mol. The summed E-state index contributed by atoms with van der Waals surface area (Å²) in [5, 5.41) is 8.34. The Kier molecular flexibility index (Phi) is 5.82. The molecule has 0 aliphatic carbocycles. The summed E-state index contributed by atoms with van der Waals surface area (Å²) in [6.45, 7) is 4.63. The predicted molar refractivity (Wildman–Crippen MR) is 102 cm³/mol. The lowest BCUT2D eigenvalue weighted by molar-refractivity contribution is -0.131. The van der Waals surface area contributed by atoms with Gasteiger partial charge in [0.2, 0.25) is 11.9 Å². The number of hydrogen-bond donors (Lipinski definition) is 4. The van der Waals surface area contributed by atoms with E-state index in [-0.39, 0.29) is 23.8 Å². The highest BCUT2D eigenvalue weighted by atomic mass is 16.2. The standard InChI is InChI=1S/C18H22N6O3/c1-12-4-2-3-5-14(12)21-18(27)23-17-20-11-13(16(26)22-17)10-15(25)24-8-6-19-7-9-24/h2-5,11,19H,6-10H2,1H3,(H3,20,21,22,23,26,27). The number of aromatic amines is 1. The fraction of sp³-hybridized carbons (Fsp3) is 0.333. The Labute approximate surface area is 156 Å². The van der Waals surface area contributed by atoms with Crippen LogP contribution in [0, 0.1) is 6.92 Å². The van der Waals surface area contributed by atoms with Crippen molar-refractivity contribution in [3.05, 3.63) is 51.9 Å². The highest BCUT2D eigenvalue weighted by molar-refractivity contribution is 5.99. The van der Waals surface area contributed by atoms with E-state index in [2.05, 4.69) is 25.9 Å². The molecule has 0 saturated carbocycles. The first kappa shape index (κ1) is 18.6. The van der Waals surface area contributed by atoms with Crippen molar-refractivity contribution in [1.29, 1.82) is 0 Å². The monoisotopic (exact) mass is 370 g/mol. The van der Waals surface area contributed by atoms with Gasteiger partial charge in [-0.25, -0.2) is 4.79 Å². The molecule has 0 atom stereocenters. The maximum atomic E-state index is 12.3. The number of aromatic nitrogens is 2. The van der Waals surface area contributed by atoms with Gasteiger partial charge in [0.15, 0.2) is 0 Å². The fourth-order valence-corrected chi connectivity index (χ4v) is 2.78. The first-order valence-electron chi connectivity index (χ1n) is 8.73. The smallest absolute Gasteiger partial charge is 0.326 e. The molecule has 0 spiro atoms. The van der Waals surface area contributed by atoms with Crippen molar-refractivity contribution < 1.29 is 9.59 Å². The molecular formula is C18H22N6O3. The molecule has 0 radical (unpaired) electrons. The zero-order valence-electron chi connectivity index (χ0n) is 15.0. The number of anilines is 2. The van der Waals surface area contributed by atoms with Gasteiger partial charge in [0.25, 0.3) is 5.56 Å². The van der Waals surface area contributed by atoms with E-state index < -0.39 is 11.6 Å². The average Bonchev–Trinajstić information content (AvgIpc) is 2.66. The predicted octanol–water partition coefficient (Wildman–Crippen LogP) is 0.697. The number of benzene rings is 1. The van der Waals surface area contributed by atoms with Crippen LogP contribution in [0.15, 0.2) is 35.3 Å². The molecule has 142 valence electrons. The summed E-state index contributed by atoms with van der Waals surface area (Å²) in [5.74, 6) is -0.0914. The Hall–Kier alpha value is -3.20. The summed E-state index contributed by atoms with van der Waals surface area (Å²) in [7, 11) is 0. The van der Waals surface area contributed by atoms with E-state index in [0.29, 0.717) is 18.8 Å². The van der Waals surface area contributed by atoms with Gasteiger partial charge in [-0.1, -0.05) is 18.2 Å².